The van der Waals surface area contributed by atoms with E-state index in [1.807, 2.05) is 0 Å². The molecule has 148 valence electrons. The van der Waals surface area contributed by atoms with Crippen molar-refractivity contribution in [3.63, 3.8) is 0 Å². The summed E-state index contributed by atoms with van der Waals surface area (Å²) in [6, 6.07) is 3.27. The molecule has 2 aliphatic heterocycles. The molecule has 1 N–H and O–H groups in total. The van der Waals surface area contributed by atoms with E-state index in [1.54, 1.807) is 16.7 Å². The summed E-state index contributed by atoms with van der Waals surface area (Å²) in [7, 11) is 2.72. The predicted molar refractivity (Wildman–Crippen MR) is 101 cm³/mol. The molecule has 2 radical (unpaired) electrons. The zero-order chi connectivity index (χ0) is 20.1. The van der Waals surface area contributed by atoms with Crippen LogP contribution in [-0.2, 0) is 27.8 Å². The van der Waals surface area contributed by atoms with Gasteiger partial charge in [-0.2, -0.15) is 13.6 Å². The molecule has 0 aliphatic carbocycles. The third kappa shape index (κ3) is 3.76. The van der Waals surface area contributed by atoms with Gasteiger partial charge in [-0.05, 0) is 12.1 Å². The molecule has 5 atom stereocenters. The lowest BCUT2D eigenvalue weighted by Crippen LogP contribution is -2.41. The van der Waals surface area contributed by atoms with Crippen molar-refractivity contribution < 1.29 is 32.9 Å². The van der Waals surface area contributed by atoms with Crippen molar-refractivity contribution in [2.45, 2.75) is 31.5 Å². The fourth-order valence-corrected chi connectivity index (χ4v) is 4.73. The molecule has 2 aromatic rings. The van der Waals surface area contributed by atoms with E-state index in [-0.39, 0.29) is 6.61 Å². The summed E-state index contributed by atoms with van der Waals surface area (Å²) in [6.45, 7) is 0.863. The van der Waals surface area contributed by atoms with Crippen LogP contribution in [0.2, 0.25) is 10.0 Å². The normalized spacial score (nSPS) is 32.4. The maximum absolute atomic E-state index is 10.9. The Morgan fingerprint density at radius 1 is 1.46 bits per heavy atom. The van der Waals surface area contributed by atoms with Crippen LogP contribution >= 0.6 is 31.0 Å². The zero-order valence-electron chi connectivity index (χ0n) is 14.5. The van der Waals surface area contributed by atoms with Gasteiger partial charge in [0.2, 0.25) is 6.79 Å². The van der Waals surface area contributed by atoms with E-state index in [4.69, 9.17) is 53.8 Å². The van der Waals surface area contributed by atoms with E-state index < -0.39 is 45.1 Å². The van der Waals surface area contributed by atoms with Crippen LogP contribution in [0.3, 0.4) is 0 Å². The number of esters is 1. The largest absolute Gasteiger partial charge is 0.488 e. The monoisotopic (exact) mass is 447 g/mol. The summed E-state index contributed by atoms with van der Waals surface area (Å²) in [5.41, 5.74) is 1.24. The molecule has 1 aromatic heterocycles. The number of carbonyl (C=O) groups excluding carboxylic acids is 1. The first-order valence-corrected chi connectivity index (χ1v) is 10.6. The van der Waals surface area contributed by atoms with Gasteiger partial charge in [-0.3, -0.25) is 4.79 Å². The van der Waals surface area contributed by atoms with Crippen molar-refractivity contribution in [1.82, 2.24) is 9.55 Å². The van der Waals surface area contributed by atoms with E-state index >= 15 is 0 Å². The second-order valence-electron chi connectivity index (χ2n) is 6.25. The van der Waals surface area contributed by atoms with Crippen molar-refractivity contribution in [2.75, 3.05) is 13.4 Å². The number of benzene rings is 1. The van der Waals surface area contributed by atoms with Gasteiger partial charge in [0.05, 0.1) is 27.4 Å². The number of rotatable bonds is 4. The van der Waals surface area contributed by atoms with E-state index in [9.17, 15) is 9.90 Å². The minimum absolute atomic E-state index is 0.0434. The van der Waals surface area contributed by atoms with Gasteiger partial charge in [0.15, 0.2) is 12.3 Å². The molecule has 28 heavy (non-hydrogen) atoms. The molecule has 0 amide bonds. The average molecular weight is 448 g/mol. The van der Waals surface area contributed by atoms with E-state index in [1.165, 1.54) is 13.3 Å². The number of aliphatic hydroxyl groups is 1. The zero-order valence-corrected chi connectivity index (χ0v) is 16.9. The van der Waals surface area contributed by atoms with Crippen LogP contribution in [0, 0.1) is 0 Å². The molecule has 9 nitrogen and oxygen atoms in total. The van der Waals surface area contributed by atoms with Gasteiger partial charge in [-0.1, -0.05) is 23.2 Å². The highest BCUT2D eigenvalue weighted by Gasteiger charge is 2.58. The van der Waals surface area contributed by atoms with Crippen molar-refractivity contribution in [3.05, 3.63) is 28.5 Å². The number of hydrogen-bond donors (Lipinski definition) is 1. The van der Waals surface area contributed by atoms with Crippen LogP contribution in [-0.4, -0.2) is 59.9 Å². The molecule has 0 saturated carbocycles. The standard InChI is InChI=1S/C15H15BCl2N2O7P/c1-7(21)23-6-25-28(16)24-4-12-14(27-28)13(22)15(26-12)20-5-19-10-2-8(17)9(18)3-11(10)20/h2-3,5,12-15,22H,4,6H2,1H3/q+1/t12-,13?,14+,15-,28?/m1/s1. The van der Waals surface area contributed by atoms with Crippen LogP contribution in [0.4, 0.5) is 0 Å². The van der Waals surface area contributed by atoms with Crippen molar-refractivity contribution in [2.24, 2.45) is 0 Å². The Hall–Kier alpha value is -0.965. The molecule has 2 saturated heterocycles. The highest BCUT2D eigenvalue weighted by molar-refractivity contribution is 7.85. The number of halogens is 2. The van der Waals surface area contributed by atoms with Crippen LogP contribution < -0.4 is 0 Å². The smallest absolute Gasteiger partial charge is 0.434 e. The Bertz CT molecular complexity index is 918. The van der Waals surface area contributed by atoms with Crippen molar-refractivity contribution >= 4 is 55.6 Å². The van der Waals surface area contributed by atoms with Crippen LogP contribution in [0.15, 0.2) is 18.5 Å². The lowest BCUT2D eigenvalue weighted by molar-refractivity contribution is -0.149. The number of aromatic nitrogens is 2. The second-order valence-corrected chi connectivity index (χ2v) is 8.87. The van der Waals surface area contributed by atoms with E-state index in [2.05, 4.69) is 4.98 Å². The summed E-state index contributed by atoms with van der Waals surface area (Å²) in [6.07, 6.45) is -1.74. The fraction of sp³-hybridized carbons (Fsp3) is 0.467. The van der Waals surface area contributed by atoms with Gasteiger partial charge in [0.25, 0.3) is 0 Å². The topological polar surface area (TPSA) is 101 Å². The Kier molecular flexibility index (Phi) is 5.59. The SMILES string of the molecule is [B][P+]1(OCOC(C)=O)OC[C@H]2O[C@@H](n3cnc4cc(Cl)c(Cl)cc43)C(O)[C@H]2O1. The molecule has 13 heteroatoms. The molecule has 2 unspecified atom stereocenters. The second kappa shape index (κ2) is 7.70. The molecular formula is C15H15BCl2N2O7P+. The van der Waals surface area contributed by atoms with Gasteiger partial charge < -0.3 is 19.1 Å². The van der Waals surface area contributed by atoms with Gasteiger partial charge in [0, 0.05) is 6.92 Å². The molecule has 0 bridgehead atoms. The van der Waals surface area contributed by atoms with Gasteiger partial charge in [-0.25, -0.2) is 4.98 Å². The lowest BCUT2D eigenvalue weighted by Gasteiger charge is -2.30. The number of carbonyl (C=O) groups is 1. The Morgan fingerprint density at radius 3 is 2.96 bits per heavy atom. The maximum Gasteiger partial charge on any atom is 0.488 e. The number of ether oxygens (including phenoxy) is 2. The maximum atomic E-state index is 10.9. The molecule has 0 spiro atoms. The number of imidazole rings is 1. The van der Waals surface area contributed by atoms with E-state index in [0.29, 0.717) is 21.1 Å². The Morgan fingerprint density at radius 2 is 2.21 bits per heavy atom. The third-order valence-corrected chi connectivity index (χ3v) is 6.62. The quantitative estimate of drug-likeness (QED) is 0.330. The summed E-state index contributed by atoms with van der Waals surface area (Å²) in [4.78, 5) is 15.1. The number of nitrogens with zero attached hydrogens (tertiary/aromatic N) is 2. The Labute approximate surface area is 171 Å². The first-order valence-electron chi connectivity index (χ1n) is 8.21. The summed E-state index contributed by atoms with van der Waals surface area (Å²) in [5.74, 6) is -0.531. The molecule has 2 aliphatic rings. The highest BCUT2D eigenvalue weighted by Crippen LogP contribution is 2.63. The predicted octanol–water partition coefficient (Wildman–Crippen LogP) is 2.40. The molecule has 3 heterocycles. The fourth-order valence-electron chi connectivity index (χ4n) is 3.07. The third-order valence-electron chi connectivity index (χ3n) is 4.38. The van der Waals surface area contributed by atoms with E-state index in [0.717, 1.165) is 0 Å². The number of fused-ring (bicyclic) bond motifs is 2. The van der Waals surface area contributed by atoms with Gasteiger partial charge >= 0.3 is 21.4 Å². The summed E-state index contributed by atoms with van der Waals surface area (Å²) >= 11 is 12.1. The average Bonchev–Trinajstić information content (AvgIpc) is 3.16. The van der Waals surface area contributed by atoms with Crippen molar-refractivity contribution in [1.29, 1.82) is 0 Å². The summed E-state index contributed by atoms with van der Waals surface area (Å²) in [5, 5.41) is 11.5. The summed E-state index contributed by atoms with van der Waals surface area (Å²) < 4.78 is 28.6. The molecule has 4 rings (SSSR count). The van der Waals surface area contributed by atoms with Gasteiger partial charge in [-0.15, -0.1) is 0 Å². The van der Waals surface area contributed by atoms with Crippen LogP contribution in [0.5, 0.6) is 0 Å². The van der Waals surface area contributed by atoms with Crippen LogP contribution in [0.25, 0.3) is 11.0 Å². The first-order chi connectivity index (χ1) is 13.3. The molecular weight excluding hydrogens is 433 g/mol. The molecule has 1 aromatic carbocycles. The van der Waals surface area contributed by atoms with Crippen molar-refractivity contribution in [3.8, 4) is 0 Å². The Balaban J connectivity index is 1.53. The van der Waals surface area contributed by atoms with Gasteiger partial charge in [0.1, 0.15) is 18.8 Å². The number of hydrogen-bond acceptors (Lipinski definition) is 8. The number of aliphatic hydroxyl groups excluding tert-OH is 1. The van der Waals surface area contributed by atoms with Crippen LogP contribution in [0.1, 0.15) is 13.2 Å². The minimum Gasteiger partial charge on any atom is -0.434 e. The molecule has 2 fully saturated rings. The lowest BCUT2D eigenvalue weighted by atomic mass is 10.1. The first kappa shape index (κ1) is 20.3. The minimum atomic E-state index is -3.27. The highest BCUT2D eigenvalue weighted by atomic mass is 35.5.